The fourth-order valence-corrected chi connectivity index (χ4v) is 3.03. The van der Waals surface area contributed by atoms with Crippen LogP contribution in [-0.2, 0) is 6.61 Å². The number of aromatic amines is 1. The molecule has 0 unspecified atom stereocenters. The first kappa shape index (κ1) is 19.4. The van der Waals surface area contributed by atoms with Crippen LogP contribution in [-0.4, -0.2) is 22.4 Å². The monoisotopic (exact) mass is 402 g/mol. The predicted octanol–water partition coefficient (Wildman–Crippen LogP) is 5.47. The summed E-state index contributed by atoms with van der Waals surface area (Å²) in [6.45, 7) is 2.29. The highest BCUT2D eigenvalue weighted by Crippen LogP contribution is 2.40. The number of nitrogens with one attached hydrogen (secondary N) is 1. The maximum Gasteiger partial charge on any atom is 0.176 e. The lowest BCUT2D eigenvalue weighted by atomic mass is 10.1. The molecule has 0 saturated heterocycles. The minimum atomic E-state index is 0.0617. The van der Waals surface area contributed by atoms with Crippen molar-refractivity contribution in [3.05, 3.63) is 84.1 Å². The Morgan fingerprint density at radius 2 is 1.60 bits per heavy atom. The lowest BCUT2D eigenvalue weighted by molar-refractivity contribution is 0.304. The molecular formula is C24H22N2O4. The van der Waals surface area contributed by atoms with Gasteiger partial charge in [0.1, 0.15) is 35.3 Å². The van der Waals surface area contributed by atoms with Crippen LogP contribution in [0.5, 0.6) is 28.7 Å². The third-order valence-corrected chi connectivity index (χ3v) is 4.64. The van der Waals surface area contributed by atoms with Crippen molar-refractivity contribution in [2.24, 2.45) is 0 Å². The molecule has 0 spiro atoms. The van der Waals surface area contributed by atoms with Crippen LogP contribution in [0.1, 0.15) is 11.3 Å². The van der Waals surface area contributed by atoms with Gasteiger partial charge in [-0.2, -0.15) is 5.10 Å². The normalized spacial score (nSPS) is 10.6. The van der Waals surface area contributed by atoms with E-state index in [9.17, 15) is 5.11 Å². The average Bonchev–Trinajstić information content (AvgIpc) is 3.13. The van der Waals surface area contributed by atoms with Gasteiger partial charge in [0.05, 0.1) is 12.8 Å². The van der Waals surface area contributed by atoms with Gasteiger partial charge in [0.2, 0.25) is 0 Å². The number of benzene rings is 3. The van der Waals surface area contributed by atoms with Gasteiger partial charge in [-0.15, -0.1) is 0 Å². The van der Waals surface area contributed by atoms with E-state index < -0.39 is 0 Å². The third kappa shape index (κ3) is 4.22. The number of aromatic nitrogens is 2. The molecule has 6 nitrogen and oxygen atoms in total. The van der Waals surface area contributed by atoms with Crippen LogP contribution >= 0.6 is 0 Å². The third-order valence-electron chi connectivity index (χ3n) is 4.64. The first-order chi connectivity index (χ1) is 14.6. The Morgan fingerprint density at radius 3 is 2.30 bits per heavy atom. The number of aryl methyl sites for hydroxylation is 1. The minimum Gasteiger partial charge on any atom is -0.507 e. The van der Waals surface area contributed by atoms with Crippen molar-refractivity contribution < 1.29 is 19.3 Å². The van der Waals surface area contributed by atoms with E-state index >= 15 is 0 Å². The Balaban J connectivity index is 1.55. The predicted molar refractivity (Wildman–Crippen MR) is 114 cm³/mol. The summed E-state index contributed by atoms with van der Waals surface area (Å²) in [5.74, 6) is 2.57. The maximum atomic E-state index is 10.6. The molecule has 0 bridgehead atoms. The number of rotatable bonds is 7. The molecule has 0 saturated carbocycles. The molecule has 0 amide bonds. The lowest BCUT2D eigenvalue weighted by Crippen LogP contribution is -1.95. The number of hydrogen-bond donors (Lipinski definition) is 2. The molecule has 0 radical (unpaired) electrons. The summed E-state index contributed by atoms with van der Waals surface area (Å²) < 4.78 is 17.0. The topological polar surface area (TPSA) is 76.6 Å². The van der Waals surface area contributed by atoms with Gasteiger partial charge < -0.3 is 19.3 Å². The van der Waals surface area contributed by atoms with E-state index in [0.717, 1.165) is 17.0 Å². The van der Waals surface area contributed by atoms with Gasteiger partial charge in [-0.05, 0) is 48.9 Å². The quantitative estimate of drug-likeness (QED) is 0.429. The summed E-state index contributed by atoms with van der Waals surface area (Å²) in [5, 5.41) is 17.9. The second-order valence-electron chi connectivity index (χ2n) is 6.76. The molecule has 0 aliphatic rings. The zero-order valence-corrected chi connectivity index (χ0v) is 16.8. The number of nitrogens with zero attached hydrogens (tertiary/aromatic N) is 1. The fourth-order valence-electron chi connectivity index (χ4n) is 3.03. The molecular weight excluding hydrogens is 380 g/mol. The van der Waals surface area contributed by atoms with Gasteiger partial charge in [0.15, 0.2) is 5.75 Å². The van der Waals surface area contributed by atoms with E-state index in [1.54, 1.807) is 25.3 Å². The zero-order valence-electron chi connectivity index (χ0n) is 16.8. The zero-order chi connectivity index (χ0) is 20.9. The molecule has 4 rings (SSSR count). The second kappa shape index (κ2) is 8.61. The summed E-state index contributed by atoms with van der Waals surface area (Å²) in [7, 11) is 1.62. The van der Waals surface area contributed by atoms with Gasteiger partial charge >= 0.3 is 0 Å². The van der Waals surface area contributed by atoms with E-state index in [-0.39, 0.29) is 5.75 Å². The van der Waals surface area contributed by atoms with Crippen molar-refractivity contribution in [1.29, 1.82) is 0 Å². The van der Waals surface area contributed by atoms with E-state index in [0.29, 0.717) is 35.1 Å². The Labute approximate surface area is 174 Å². The van der Waals surface area contributed by atoms with Crippen molar-refractivity contribution in [3.8, 4) is 40.0 Å². The first-order valence-electron chi connectivity index (χ1n) is 9.51. The van der Waals surface area contributed by atoms with Crippen LogP contribution in [0, 0.1) is 6.92 Å². The highest BCUT2D eigenvalue weighted by Gasteiger charge is 2.18. The Hall–Kier alpha value is -3.93. The van der Waals surface area contributed by atoms with E-state index in [4.69, 9.17) is 14.2 Å². The number of ether oxygens (including phenoxy) is 3. The van der Waals surface area contributed by atoms with Gasteiger partial charge in [-0.1, -0.05) is 30.3 Å². The number of H-pyrrole nitrogens is 1. The van der Waals surface area contributed by atoms with E-state index in [2.05, 4.69) is 10.2 Å². The SMILES string of the molecule is COc1ccc(Oc2c(-c3ccc(OCc4ccccc4)cc3O)n[nH]c2C)cc1. The highest BCUT2D eigenvalue weighted by atomic mass is 16.5. The van der Waals surface area contributed by atoms with Gasteiger partial charge in [0.25, 0.3) is 0 Å². The van der Waals surface area contributed by atoms with E-state index in [1.807, 2.05) is 61.5 Å². The van der Waals surface area contributed by atoms with Gasteiger partial charge in [-0.3, -0.25) is 5.10 Å². The molecule has 6 heteroatoms. The summed E-state index contributed by atoms with van der Waals surface area (Å²) in [4.78, 5) is 0. The van der Waals surface area contributed by atoms with Gasteiger partial charge in [0, 0.05) is 11.6 Å². The Morgan fingerprint density at radius 1 is 0.900 bits per heavy atom. The fraction of sp³-hybridized carbons (Fsp3) is 0.125. The molecule has 152 valence electrons. The summed E-state index contributed by atoms with van der Waals surface area (Å²) in [5.41, 5.74) is 2.88. The molecule has 0 atom stereocenters. The number of aromatic hydroxyl groups is 1. The van der Waals surface area contributed by atoms with Crippen LogP contribution in [0.4, 0.5) is 0 Å². The molecule has 30 heavy (non-hydrogen) atoms. The molecule has 0 aliphatic carbocycles. The van der Waals surface area contributed by atoms with Crippen LogP contribution in [0.25, 0.3) is 11.3 Å². The standard InChI is InChI=1S/C24H22N2O4/c1-16-24(30-19-10-8-18(28-2)9-11-19)23(26-25-16)21-13-12-20(14-22(21)27)29-15-17-6-4-3-5-7-17/h3-14,27H,15H2,1-2H3,(H,25,26). The van der Waals surface area contributed by atoms with E-state index in [1.165, 1.54) is 0 Å². The summed E-state index contributed by atoms with van der Waals surface area (Å²) in [6.07, 6.45) is 0. The molecule has 3 aromatic carbocycles. The van der Waals surface area contributed by atoms with Crippen molar-refractivity contribution in [2.45, 2.75) is 13.5 Å². The highest BCUT2D eigenvalue weighted by molar-refractivity contribution is 5.74. The molecule has 2 N–H and O–H groups in total. The molecule has 0 fully saturated rings. The number of methoxy groups -OCH3 is 1. The summed E-state index contributed by atoms with van der Waals surface area (Å²) in [6, 6.07) is 22.3. The molecule has 1 aromatic heterocycles. The second-order valence-corrected chi connectivity index (χ2v) is 6.76. The smallest absolute Gasteiger partial charge is 0.176 e. The van der Waals surface area contributed by atoms with Crippen LogP contribution in [0.3, 0.4) is 0 Å². The van der Waals surface area contributed by atoms with Crippen LogP contribution < -0.4 is 14.2 Å². The number of phenols is 1. The van der Waals surface area contributed by atoms with Crippen LogP contribution in [0.15, 0.2) is 72.8 Å². The Kier molecular flexibility index (Phi) is 5.57. The first-order valence-corrected chi connectivity index (χ1v) is 9.51. The summed E-state index contributed by atoms with van der Waals surface area (Å²) >= 11 is 0. The van der Waals surface area contributed by atoms with Gasteiger partial charge in [-0.25, -0.2) is 0 Å². The maximum absolute atomic E-state index is 10.6. The van der Waals surface area contributed by atoms with Crippen molar-refractivity contribution in [1.82, 2.24) is 10.2 Å². The number of hydrogen-bond acceptors (Lipinski definition) is 5. The van der Waals surface area contributed by atoms with Crippen molar-refractivity contribution >= 4 is 0 Å². The van der Waals surface area contributed by atoms with Crippen molar-refractivity contribution in [2.75, 3.05) is 7.11 Å². The largest absolute Gasteiger partial charge is 0.507 e. The van der Waals surface area contributed by atoms with Crippen LogP contribution in [0.2, 0.25) is 0 Å². The van der Waals surface area contributed by atoms with Crippen molar-refractivity contribution in [3.63, 3.8) is 0 Å². The molecule has 0 aliphatic heterocycles. The number of phenolic OH excluding ortho intramolecular Hbond substituents is 1. The Bertz CT molecular complexity index is 1120. The average molecular weight is 402 g/mol. The molecule has 4 aromatic rings. The lowest BCUT2D eigenvalue weighted by Gasteiger charge is -2.11. The molecule has 1 heterocycles. The minimum absolute atomic E-state index is 0.0617.